The Morgan fingerprint density at radius 2 is 1.60 bits per heavy atom. The molecule has 13 heteroatoms. The smallest absolute Gasteiger partial charge is 0.416 e. The number of carboxylic acids is 1. The van der Waals surface area contributed by atoms with Gasteiger partial charge < -0.3 is 14.6 Å². The molecule has 0 saturated heterocycles. The van der Waals surface area contributed by atoms with Gasteiger partial charge in [-0.2, -0.15) is 26.3 Å². The van der Waals surface area contributed by atoms with Gasteiger partial charge in [-0.25, -0.2) is 4.79 Å². The molecule has 0 saturated carbocycles. The normalized spacial score (nSPS) is 16.1. The Morgan fingerprint density at radius 3 is 2.19 bits per heavy atom. The van der Waals surface area contributed by atoms with Gasteiger partial charge in [-0.05, 0) is 59.9 Å². The molecular formula is C30H23F6N3O4. The van der Waals surface area contributed by atoms with Crippen LogP contribution in [0.3, 0.4) is 0 Å². The van der Waals surface area contributed by atoms with Gasteiger partial charge in [0.15, 0.2) is 0 Å². The Balaban J connectivity index is 1.72. The van der Waals surface area contributed by atoms with Crippen LogP contribution < -0.4 is 5.56 Å². The van der Waals surface area contributed by atoms with Gasteiger partial charge in [0.25, 0.3) is 11.5 Å². The van der Waals surface area contributed by atoms with Crippen LogP contribution >= 0.6 is 0 Å². The largest absolute Gasteiger partial charge is 0.478 e. The summed E-state index contributed by atoms with van der Waals surface area (Å²) in [7, 11) is 0. The van der Waals surface area contributed by atoms with E-state index in [0.29, 0.717) is 24.1 Å². The zero-order chi connectivity index (χ0) is 31.3. The highest BCUT2D eigenvalue weighted by molar-refractivity contribution is 6.08. The summed E-state index contributed by atoms with van der Waals surface area (Å²) in [4.78, 5) is 44.7. The number of fused-ring (bicyclic) bond motifs is 2. The number of aromatic carboxylic acids is 1. The average Bonchev–Trinajstić information content (AvgIpc) is 2.94. The van der Waals surface area contributed by atoms with Crippen LogP contribution in [0.25, 0.3) is 22.0 Å². The predicted octanol–water partition coefficient (Wildman–Crippen LogP) is 6.48. The zero-order valence-electron chi connectivity index (χ0n) is 22.5. The molecule has 0 bridgehead atoms. The first-order chi connectivity index (χ1) is 20.1. The van der Waals surface area contributed by atoms with Crippen LogP contribution in [-0.4, -0.2) is 38.0 Å². The molecular weight excluding hydrogens is 580 g/mol. The molecule has 2 aromatic heterocycles. The van der Waals surface area contributed by atoms with E-state index in [2.05, 4.69) is 4.98 Å². The number of pyridine rings is 2. The summed E-state index contributed by atoms with van der Waals surface area (Å²) < 4.78 is 82.5. The van der Waals surface area contributed by atoms with E-state index in [-0.39, 0.29) is 58.4 Å². The maximum absolute atomic E-state index is 14.3. The van der Waals surface area contributed by atoms with E-state index in [1.165, 1.54) is 35.0 Å². The Morgan fingerprint density at radius 1 is 0.977 bits per heavy atom. The van der Waals surface area contributed by atoms with Gasteiger partial charge in [0, 0.05) is 36.8 Å². The number of amides is 1. The summed E-state index contributed by atoms with van der Waals surface area (Å²) in [5, 5.41) is 9.62. The van der Waals surface area contributed by atoms with Gasteiger partial charge in [-0.1, -0.05) is 25.1 Å². The highest BCUT2D eigenvalue weighted by Gasteiger charge is 2.38. The number of carboxylic acid groups (broad SMARTS) is 1. The molecule has 7 nitrogen and oxygen atoms in total. The Kier molecular flexibility index (Phi) is 7.53. The minimum absolute atomic E-state index is 0.00686. The first kappa shape index (κ1) is 29.8. The van der Waals surface area contributed by atoms with Crippen molar-refractivity contribution >= 4 is 22.8 Å². The lowest BCUT2D eigenvalue weighted by atomic mass is 9.95. The van der Waals surface area contributed by atoms with Crippen molar-refractivity contribution in [3.8, 4) is 11.1 Å². The topological polar surface area (TPSA) is 92.5 Å². The van der Waals surface area contributed by atoms with Crippen molar-refractivity contribution in [2.75, 3.05) is 6.54 Å². The van der Waals surface area contributed by atoms with E-state index in [4.69, 9.17) is 0 Å². The highest BCUT2D eigenvalue weighted by Crippen LogP contribution is 2.37. The molecule has 1 aliphatic rings. The Bertz CT molecular complexity index is 1760. The Hall–Kier alpha value is -4.68. The number of hydrogen-bond donors (Lipinski definition) is 1. The average molecular weight is 604 g/mol. The third-order valence-corrected chi connectivity index (χ3v) is 7.34. The monoisotopic (exact) mass is 603 g/mol. The fraction of sp³-hybridized carbons (Fsp3) is 0.267. The molecule has 1 N–H and O–H groups in total. The molecule has 5 rings (SSSR count). The van der Waals surface area contributed by atoms with Gasteiger partial charge in [-0.3, -0.25) is 14.6 Å². The third kappa shape index (κ3) is 5.84. The van der Waals surface area contributed by atoms with E-state index in [9.17, 15) is 45.8 Å². The van der Waals surface area contributed by atoms with Crippen molar-refractivity contribution in [3.63, 3.8) is 0 Å². The molecule has 0 radical (unpaired) electrons. The summed E-state index contributed by atoms with van der Waals surface area (Å²) in [6, 6.07) is 9.83. The second-order valence-corrected chi connectivity index (χ2v) is 10.5. The summed E-state index contributed by atoms with van der Waals surface area (Å²) >= 11 is 0. The number of aromatic nitrogens is 2. The number of benzene rings is 2. The molecule has 0 aliphatic carbocycles. The van der Waals surface area contributed by atoms with Crippen molar-refractivity contribution in [3.05, 3.63) is 99.1 Å². The Labute approximate surface area is 240 Å². The van der Waals surface area contributed by atoms with Crippen LogP contribution in [0.4, 0.5) is 26.3 Å². The first-order valence-corrected chi connectivity index (χ1v) is 13.1. The molecule has 3 heterocycles. The molecule has 4 aromatic rings. The fourth-order valence-corrected chi connectivity index (χ4v) is 5.29. The van der Waals surface area contributed by atoms with Crippen LogP contribution in [0.1, 0.15) is 50.9 Å². The van der Waals surface area contributed by atoms with Crippen LogP contribution in [0.5, 0.6) is 0 Å². The van der Waals surface area contributed by atoms with Crippen LogP contribution in [-0.2, 0) is 25.4 Å². The molecule has 0 unspecified atom stereocenters. The number of hydrogen-bond acceptors (Lipinski definition) is 4. The molecule has 0 fully saturated rings. The minimum atomic E-state index is -5.06. The number of carbonyl (C=O) groups excluding carboxylic acids is 1. The summed E-state index contributed by atoms with van der Waals surface area (Å²) in [6.45, 7) is 1.26. The lowest BCUT2D eigenvalue weighted by Gasteiger charge is -2.32. The van der Waals surface area contributed by atoms with Crippen molar-refractivity contribution in [2.24, 2.45) is 5.92 Å². The van der Waals surface area contributed by atoms with Gasteiger partial charge in [-0.15, -0.1) is 0 Å². The van der Waals surface area contributed by atoms with Gasteiger partial charge in [0.1, 0.15) is 11.2 Å². The van der Waals surface area contributed by atoms with E-state index < -0.39 is 47.5 Å². The van der Waals surface area contributed by atoms with Gasteiger partial charge in [0.05, 0.1) is 16.7 Å². The van der Waals surface area contributed by atoms with Crippen molar-refractivity contribution < 1.29 is 41.0 Å². The van der Waals surface area contributed by atoms with Crippen LogP contribution in [0.15, 0.2) is 65.6 Å². The van der Waals surface area contributed by atoms with E-state index in [1.54, 1.807) is 19.1 Å². The number of rotatable bonds is 4. The zero-order valence-corrected chi connectivity index (χ0v) is 22.5. The fourth-order valence-electron chi connectivity index (χ4n) is 5.29. The lowest BCUT2D eigenvalue weighted by molar-refractivity contribution is -0.143. The quantitative estimate of drug-likeness (QED) is 0.270. The second-order valence-electron chi connectivity index (χ2n) is 10.5. The molecule has 0 spiro atoms. The van der Waals surface area contributed by atoms with Crippen molar-refractivity contribution in [1.29, 1.82) is 0 Å². The number of carbonyl (C=O) groups is 2. The maximum atomic E-state index is 14.3. The van der Waals surface area contributed by atoms with Crippen molar-refractivity contribution in [2.45, 2.75) is 38.8 Å². The van der Waals surface area contributed by atoms with E-state index in [1.807, 2.05) is 0 Å². The summed E-state index contributed by atoms with van der Waals surface area (Å²) in [5.41, 5.74) is -3.47. The number of nitrogens with zero attached hydrogens (tertiary/aromatic N) is 3. The lowest BCUT2D eigenvalue weighted by Crippen LogP contribution is -2.41. The second kappa shape index (κ2) is 10.9. The standard InChI is InChI=1S/C30H23F6N3O4/c1-16-8-10-39-25(23(18-4-6-19(7-5-18)28(42)43)22-3-2-9-37-24(22)26(39)40)27(41)38(14-16)15-17-11-20(29(31,32)33)13-21(12-17)30(34,35)36/h2-7,9,11-13,16H,8,10,14-15H2,1H3,(H,42,43)/t16-/m1/s1. The molecule has 1 aliphatic heterocycles. The number of alkyl halides is 6. The minimum Gasteiger partial charge on any atom is -0.478 e. The van der Waals surface area contributed by atoms with Crippen LogP contribution in [0, 0.1) is 5.92 Å². The molecule has 2 aromatic carbocycles. The third-order valence-electron chi connectivity index (χ3n) is 7.34. The molecule has 1 atom stereocenters. The van der Waals surface area contributed by atoms with Gasteiger partial charge in [0.2, 0.25) is 0 Å². The molecule has 43 heavy (non-hydrogen) atoms. The SMILES string of the molecule is C[C@@H]1CCn2c(c(-c3ccc(C(=O)O)cc3)c3cccnc3c2=O)C(=O)N(Cc2cc(C(F)(F)F)cc(C(F)(F)F)c2)C1. The van der Waals surface area contributed by atoms with Crippen LogP contribution in [0.2, 0.25) is 0 Å². The van der Waals surface area contributed by atoms with E-state index in [0.717, 1.165) is 4.90 Å². The highest BCUT2D eigenvalue weighted by atomic mass is 19.4. The molecule has 1 amide bonds. The van der Waals surface area contributed by atoms with E-state index >= 15 is 0 Å². The predicted molar refractivity (Wildman–Crippen MR) is 143 cm³/mol. The molecule has 224 valence electrons. The van der Waals surface area contributed by atoms with Crippen molar-refractivity contribution in [1.82, 2.24) is 14.5 Å². The maximum Gasteiger partial charge on any atom is 0.416 e. The summed E-state index contributed by atoms with van der Waals surface area (Å²) in [6.07, 6.45) is -8.36. The summed E-state index contributed by atoms with van der Waals surface area (Å²) in [5.74, 6) is -2.24. The first-order valence-electron chi connectivity index (χ1n) is 13.1. The number of halogens is 6. The van der Waals surface area contributed by atoms with Gasteiger partial charge >= 0.3 is 18.3 Å².